The molecule has 0 fully saturated rings. The number of carbonyl (C=O) groups is 3. The average Bonchev–Trinajstić information content (AvgIpc) is 3.46. The van der Waals surface area contributed by atoms with Crippen molar-refractivity contribution in [3.05, 3.63) is 71.4 Å². The molecule has 0 spiro atoms. The number of hydrogen-bond donors (Lipinski definition) is 1. The molecule has 0 bridgehead atoms. The van der Waals surface area contributed by atoms with Crippen LogP contribution in [0.3, 0.4) is 0 Å². The quantitative estimate of drug-likeness (QED) is 0.408. The van der Waals surface area contributed by atoms with Gasteiger partial charge in [0.05, 0.1) is 31.6 Å². The Hall–Kier alpha value is -4.14. The summed E-state index contributed by atoms with van der Waals surface area (Å²) in [6.45, 7) is 3.09. The number of benzene rings is 2. The second-order valence-corrected chi connectivity index (χ2v) is 7.95. The van der Waals surface area contributed by atoms with Gasteiger partial charge >= 0.3 is 6.03 Å². The van der Waals surface area contributed by atoms with Crippen LogP contribution in [0.1, 0.15) is 41.4 Å². The molecule has 9 heteroatoms. The Bertz CT molecular complexity index is 1170. The lowest BCUT2D eigenvalue weighted by Gasteiger charge is -2.19. The molecule has 34 heavy (non-hydrogen) atoms. The lowest BCUT2D eigenvalue weighted by molar-refractivity contribution is -0.106. The number of unbranched alkanes of at least 4 members (excludes halogenated alkanes) is 1. The van der Waals surface area contributed by atoms with E-state index in [4.69, 9.17) is 4.74 Å². The zero-order chi connectivity index (χ0) is 24.1. The van der Waals surface area contributed by atoms with Crippen molar-refractivity contribution in [1.82, 2.24) is 20.0 Å². The molecule has 1 aliphatic heterocycles. The van der Waals surface area contributed by atoms with Gasteiger partial charge in [0.1, 0.15) is 5.75 Å². The van der Waals surface area contributed by atoms with Crippen molar-refractivity contribution in [3.8, 4) is 5.75 Å². The van der Waals surface area contributed by atoms with Crippen molar-refractivity contribution in [2.24, 2.45) is 0 Å². The van der Waals surface area contributed by atoms with Gasteiger partial charge in [-0.1, -0.05) is 31.5 Å². The Morgan fingerprint density at radius 2 is 1.85 bits per heavy atom. The second-order valence-electron chi connectivity index (χ2n) is 7.95. The van der Waals surface area contributed by atoms with Gasteiger partial charge in [-0.25, -0.2) is 4.79 Å². The fraction of sp³-hybridized carbons (Fsp3) is 0.280. The third kappa shape index (κ3) is 4.50. The van der Waals surface area contributed by atoms with E-state index in [-0.39, 0.29) is 25.0 Å². The number of hydrogen-bond acceptors (Lipinski definition) is 5. The molecule has 1 aromatic heterocycles. The number of ether oxygens (including phenoxy) is 1. The van der Waals surface area contributed by atoms with E-state index in [0.717, 1.165) is 12.8 Å². The zero-order valence-electron chi connectivity index (χ0n) is 19.2. The number of rotatable bonds is 8. The topological polar surface area (TPSA) is 96.8 Å². The minimum absolute atomic E-state index is 0.212. The van der Waals surface area contributed by atoms with E-state index in [1.165, 1.54) is 9.58 Å². The molecule has 3 aromatic rings. The van der Waals surface area contributed by atoms with Crippen LogP contribution < -0.4 is 15.0 Å². The summed E-state index contributed by atoms with van der Waals surface area (Å²) >= 11 is 0. The summed E-state index contributed by atoms with van der Waals surface area (Å²) in [5.74, 6) is 0.653. The lowest BCUT2D eigenvalue weighted by Crippen LogP contribution is -2.37. The summed E-state index contributed by atoms with van der Waals surface area (Å²) in [4.78, 5) is 41.2. The fourth-order valence-electron chi connectivity index (χ4n) is 3.89. The van der Waals surface area contributed by atoms with Crippen molar-refractivity contribution in [3.63, 3.8) is 0 Å². The molecule has 9 nitrogen and oxygen atoms in total. The predicted molar refractivity (Wildman–Crippen MR) is 127 cm³/mol. The largest absolute Gasteiger partial charge is 0.497 e. The molecular weight excluding hydrogens is 434 g/mol. The number of amides is 3. The number of carbonyl (C=O) groups excluding carboxylic acids is 3. The molecule has 0 saturated heterocycles. The SMILES string of the molecule is CCCCNC(=O)N1Cc2c(N(C=O)c3ccc(OC)cc3)nn(C(=O)c3ccccc3)c2C1. The van der Waals surface area contributed by atoms with Gasteiger partial charge < -0.3 is 15.0 Å². The molecule has 0 aliphatic carbocycles. The summed E-state index contributed by atoms with van der Waals surface area (Å²) in [6, 6.07) is 15.6. The fourth-order valence-corrected chi connectivity index (χ4v) is 3.89. The third-order valence-electron chi connectivity index (χ3n) is 5.75. The van der Waals surface area contributed by atoms with Gasteiger partial charge in [0, 0.05) is 17.7 Å². The Kier molecular flexibility index (Phi) is 6.91. The van der Waals surface area contributed by atoms with E-state index in [0.29, 0.717) is 47.0 Å². The number of fused-ring (bicyclic) bond motifs is 1. The molecule has 2 aromatic carbocycles. The highest BCUT2D eigenvalue weighted by Crippen LogP contribution is 2.35. The molecule has 1 N–H and O–H groups in total. The third-order valence-corrected chi connectivity index (χ3v) is 5.75. The molecule has 1 aliphatic rings. The first-order chi connectivity index (χ1) is 16.6. The molecule has 2 heterocycles. The van der Waals surface area contributed by atoms with Gasteiger partial charge in [0.2, 0.25) is 6.41 Å². The summed E-state index contributed by atoms with van der Waals surface area (Å²) in [6.07, 6.45) is 2.52. The van der Waals surface area contributed by atoms with E-state index in [2.05, 4.69) is 17.3 Å². The van der Waals surface area contributed by atoms with E-state index >= 15 is 0 Å². The van der Waals surface area contributed by atoms with Crippen LogP contribution in [0.5, 0.6) is 5.75 Å². The minimum atomic E-state index is -0.322. The number of nitrogens with zero attached hydrogens (tertiary/aromatic N) is 4. The highest BCUT2D eigenvalue weighted by Gasteiger charge is 2.35. The molecule has 0 atom stereocenters. The monoisotopic (exact) mass is 461 g/mol. The van der Waals surface area contributed by atoms with Crippen molar-refractivity contribution in [1.29, 1.82) is 0 Å². The summed E-state index contributed by atoms with van der Waals surface area (Å²) in [5.41, 5.74) is 2.29. The molecule has 0 radical (unpaired) electrons. The molecule has 0 saturated carbocycles. The van der Waals surface area contributed by atoms with Crippen molar-refractivity contribution in [2.45, 2.75) is 32.9 Å². The zero-order valence-corrected chi connectivity index (χ0v) is 19.2. The summed E-state index contributed by atoms with van der Waals surface area (Å²) in [7, 11) is 1.57. The Labute approximate surface area is 197 Å². The first-order valence-corrected chi connectivity index (χ1v) is 11.2. The average molecular weight is 462 g/mol. The van der Waals surface area contributed by atoms with Crippen molar-refractivity contribution >= 4 is 29.9 Å². The Morgan fingerprint density at radius 1 is 1.12 bits per heavy atom. The van der Waals surface area contributed by atoms with E-state index < -0.39 is 0 Å². The minimum Gasteiger partial charge on any atom is -0.497 e. The van der Waals surface area contributed by atoms with E-state index in [1.807, 2.05) is 6.07 Å². The highest BCUT2D eigenvalue weighted by atomic mass is 16.5. The number of anilines is 2. The van der Waals surface area contributed by atoms with Crippen LogP contribution >= 0.6 is 0 Å². The van der Waals surface area contributed by atoms with Gasteiger partial charge in [-0.15, -0.1) is 5.10 Å². The Morgan fingerprint density at radius 3 is 2.50 bits per heavy atom. The number of aromatic nitrogens is 2. The molecule has 0 unspecified atom stereocenters. The van der Waals surface area contributed by atoms with Gasteiger partial charge in [0.15, 0.2) is 5.82 Å². The maximum atomic E-state index is 13.3. The van der Waals surface area contributed by atoms with Crippen molar-refractivity contribution < 1.29 is 19.1 Å². The smallest absolute Gasteiger partial charge is 0.318 e. The molecule has 4 rings (SSSR count). The highest BCUT2D eigenvalue weighted by molar-refractivity contribution is 5.97. The van der Waals surface area contributed by atoms with Crippen LogP contribution in [0.25, 0.3) is 0 Å². The first kappa shape index (κ1) is 23.0. The van der Waals surface area contributed by atoms with Crippen LogP contribution in [0.2, 0.25) is 0 Å². The lowest BCUT2D eigenvalue weighted by atomic mass is 10.2. The van der Waals surface area contributed by atoms with Crippen LogP contribution in [-0.4, -0.2) is 46.7 Å². The van der Waals surface area contributed by atoms with Crippen LogP contribution in [0.15, 0.2) is 54.6 Å². The van der Waals surface area contributed by atoms with Gasteiger partial charge in [0.25, 0.3) is 5.91 Å². The standard InChI is InChI=1S/C25H27N5O4/c1-3-4-14-26-25(33)28-15-21-22(16-28)30(24(32)18-8-6-5-7-9-18)27-23(21)29(17-31)19-10-12-20(34-2)13-11-19/h5-13,17H,3-4,14-16H2,1-2H3,(H,26,33). The number of urea groups is 1. The maximum absolute atomic E-state index is 13.3. The van der Waals surface area contributed by atoms with Gasteiger partial charge in [-0.2, -0.15) is 4.68 Å². The Balaban J connectivity index is 1.72. The van der Waals surface area contributed by atoms with E-state index in [9.17, 15) is 14.4 Å². The maximum Gasteiger partial charge on any atom is 0.318 e. The molecule has 176 valence electrons. The van der Waals surface area contributed by atoms with Crippen LogP contribution in [0.4, 0.5) is 16.3 Å². The van der Waals surface area contributed by atoms with Gasteiger partial charge in [-0.05, 0) is 42.8 Å². The normalized spacial score (nSPS) is 12.2. The first-order valence-electron chi connectivity index (χ1n) is 11.2. The summed E-state index contributed by atoms with van der Waals surface area (Å²) < 4.78 is 6.51. The van der Waals surface area contributed by atoms with Crippen molar-refractivity contribution in [2.75, 3.05) is 18.6 Å². The number of nitrogens with one attached hydrogen (secondary N) is 1. The predicted octanol–water partition coefficient (Wildman–Crippen LogP) is 3.70. The van der Waals surface area contributed by atoms with Crippen LogP contribution in [-0.2, 0) is 17.9 Å². The molecular formula is C25H27N5O4. The van der Waals surface area contributed by atoms with Gasteiger partial charge in [-0.3, -0.25) is 14.5 Å². The van der Waals surface area contributed by atoms with Crippen LogP contribution in [0, 0.1) is 0 Å². The number of methoxy groups -OCH3 is 1. The summed E-state index contributed by atoms with van der Waals surface area (Å²) in [5, 5.41) is 7.45. The van der Waals surface area contributed by atoms with E-state index in [1.54, 1.807) is 60.5 Å². The second kappa shape index (κ2) is 10.2. The molecule has 3 amide bonds.